The van der Waals surface area contributed by atoms with E-state index < -0.39 is 0 Å². The Morgan fingerprint density at radius 2 is 1.85 bits per heavy atom. The van der Waals surface area contributed by atoms with Gasteiger partial charge in [0.15, 0.2) is 0 Å². The topological polar surface area (TPSA) is 81.9 Å². The molecule has 7 nitrogen and oxygen atoms in total. The number of fused-ring (bicyclic) bond motifs is 1. The van der Waals surface area contributed by atoms with Crippen LogP contribution in [0.2, 0.25) is 5.02 Å². The second kappa shape index (κ2) is 6.85. The molecule has 1 atom stereocenters. The molecule has 4 rings (SSSR count). The average molecular weight is 382 g/mol. The number of halogens is 1. The smallest absolute Gasteiger partial charge is 0.337 e. The van der Waals surface area contributed by atoms with E-state index in [-0.39, 0.29) is 12.0 Å². The van der Waals surface area contributed by atoms with Gasteiger partial charge in [0.1, 0.15) is 6.04 Å². The lowest BCUT2D eigenvalue weighted by atomic mass is 9.93. The second-order valence-electron chi connectivity index (χ2n) is 6.15. The number of carbonyl (C=O) groups is 1. The quantitative estimate of drug-likeness (QED) is 0.698. The zero-order valence-electron chi connectivity index (χ0n) is 14.7. The molecule has 0 radical (unpaired) electrons. The van der Waals surface area contributed by atoms with E-state index in [1.54, 1.807) is 16.8 Å². The summed E-state index contributed by atoms with van der Waals surface area (Å²) in [4.78, 5) is 11.7. The van der Waals surface area contributed by atoms with Gasteiger partial charge in [-0.15, -0.1) is 0 Å². The highest BCUT2D eigenvalue weighted by atomic mass is 35.5. The molecule has 1 aromatic heterocycles. The van der Waals surface area contributed by atoms with Crippen molar-refractivity contribution in [3.05, 3.63) is 75.8 Å². The number of carbonyl (C=O) groups excluding carboxylic acids is 1. The molecular weight excluding hydrogens is 366 g/mol. The molecule has 2 heterocycles. The summed E-state index contributed by atoms with van der Waals surface area (Å²) in [7, 11) is 1.36. The van der Waals surface area contributed by atoms with Crippen molar-refractivity contribution in [3.63, 3.8) is 0 Å². The number of tetrazole rings is 1. The van der Waals surface area contributed by atoms with Crippen LogP contribution < -0.4 is 5.32 Å². The first-order valence-corrected chi connectivity index (χ1v) is 8.66. The van der Waals surface area contributed by atoms with Crippen molar-refractivity contribution >= 4 is 29.2 Å². The third kappa shape index (κ3) is 3.06. The number of esters is 1. The lowest BCUT2D eigenvalue weighted by Crippen LogP contribution is -2.24. The van der Waals surface area contributed by atoms with E-state index in [1.165, 1.54) is 7.11 Å². The maximum absolute atomic E-state index is 11.7. The zero-order valence-corrected chi connectivity index (χ0v) is 15.4. The van der Waals surface area contributed by atoms with E-state index in [4.69, 9.17) is 16.3 Å². The van der Waals surface area contributed by atoms with E-state index in [2.05, 4.69) is 20.8 Å². The molecular formula is C19H16ClN5O2. The summed E-state index contributed by atoms with van der Waals surface area (Å²) in [6.45, 7) is 2.03. The summed E-state index contributed by atoms with van der Waals surface area (Å²) >= 11 is 6.02. The fraction of sp³-hybridized carbons (Fsp3) is 0.158. The van der Waals surface area contributed by atoms with Crippen LogP contribution in [-0.4, -0.2) is 33.3 Å². The molecule has 136 valence electrons. The van der Waals surface area contributed by atoms with Crippen molar-refractivity contribution in [2.45, 2.75) is 13.0 Å². The molecule has 8 heteroatoms. The van der Waals surface area contributed by atoms with Gasteiger partial charge in [-0.25, -0.2) is 4.79 Å². The van der Waals surface area contributed by atoms with E-state index in [0.717, 1.165) is 22.4 Å². The van der Waals surface area contributed by atoms with Gasteiger partial charge in [-0.3, -0.25) is 0 Å². The van der Waals surface area contributed by atoms with Crippen molar-refractivity contribution in [2.75, 3.05) is 12.4 Å². The fourth-order valence-corrected chi connectivity index (χ4v) is 3.33. The van der Waals surface area contributed by atoms with Crippen molar-refractivity contribution in [2.24, 2.45) is 0 Å². The molecule has 1 aliphatic rings. The van der Waals surface area contributed by atoms with Gasteiger partial charge in [0.05, 0.1) is 12.7 Å². The van der Waals surface area contributed by atoms with Gasteiger partial charge in [0.2, 0.25) is 5.95 Å². The highest BCUT2D eigenvalue weighted by Crippen LogP contribution is 2.37. The van der Waals surface area contributed by atoms with Crippen molar-refractivity contribution in [1.29, 1.82) is 0 Å². The Kier molecular flexibility index (Phi) is 4.37. The van der Waals surface area contributed by atoms with Crippen LogP contribution in [0.5, 0.6) is 0 Å². The minimum absolute atomic E-state index is 0.200. The number of hydrogen-bond acceptors (Lipinski definition) is 6. The lowest BCUT2D eigenvalue weighted by Gasteiger charge is -2.28. The van der Waals surface area contributed by atoms with Gasteiger partial charge in [0.25, 0.3) is 0 Å². The SMILES string of the molecule is COC(=O)c1ccc([C@@H]2C(C)=C(c3ccc(Cl)cc3)Nc3nnnn32)cc1. The molecule has 0 aliphatic carbocycles. The molecule has 1 N–H and O–H groups in total. The van der Waals surface area contributed by atoms with Gasteiger partial charge < -0.3 is 10.1 Å². The number of nitrogens with one attached hydrogen (secondary N) is 1. The lowest BCUT2D eigenvalue weighted by molar-refractivity contribution is 0.0600. The van der Waals surface area contributed by atoms with Crippen molar-refractivity contribution in [3.8, 4) is 0 Å². The summed E-state index contributed by atoms with van der Waals surface area (Å²) in [5, 5.41) is 16.0. The summed E-state index contributed by atoms with van der Waals surface area (Å²) in [5.41, 5.74) is 4.41. The van der Waals surface area contributed by atoms with Gasteiger partial charge in [0, 0.05) is 10.7 Å². The minimum atomic E-state index is -0.371. The molecule has 0 saturated carbocycles. The minimum Gasteiger partial charge on any atom is -0.465 e. The Morgan fingerprint density at radius 3 is 2.52 bits per heavy atom. The third-order valence-corrected chi connectivity index (χ3v) is 4.81. The van der Waals surface area contributed by atoms with E-state index in [9.17, 15) is 4.79 Å². The van der Waals surface area contributed by atoms with Crippen LogP contribution in [0.1, 0.15) is 34.5 Å². The third-order valence-electron chi connectivity index (χ3n) is 4.56. The predicted molar refractivity (Wildman–Crippen MR) is 101 cm³/mol. The van der Waals surface area contributed by atoms with Crippen LogP contribution in [0.15, 0.2) is 54.1 Å². The Balaban J connectivity index is 1.80. The first kappa shape index (κ1) is 17.2. The van der Waals surface area contributed by atoms with Crippen LogP contribution in [0.4, 0.5) is 5.95 Å². The Hall–Kier alpha value is -3.19. The van der Waals surface area contributed by atoms with Gasteiger partial charge in [-0.1, -0.05) is 41.0 Å². The number of benzene rings is 2. The number of allylic oxidation sites excluding steroid dienone is 1. The Bertz CT molecular complexity index is 1030. The van der Waals surface area contributed by atoms with E-state index in [1.807, 2.05) is 43.3 Å². The molecule has 1 aliphatic heterocycles. The molecule has 0 saturated heterocycles. The van der Waals surface area contributed by atoms with E-state index in [0.29, 0.717) is 16.5 Å². The molecule has 0 unspecified atom stereocenters. The number of ether oxygens (including phenoxy) is 1. The molecule has 2 aromatic carbocycles. The Labute approximate surface area is 160 Å². The average Bonchev–Trinajstić information content (AvgIpc) is 3.16. The monoisotopic (exact) mass is 381 g/mol. The van der Waals surface area contributed by atoms with Gasteiger partial charge in [-0.05, 0) is 58.3 Å². The normalized spacial score (nSPS) is 15.9. The standard InChI is InChI=1S/C19H16ClN5O2/c1-11-16(12-7-9-15(20)10-8-12)21-19-22-23-24-25(19)17(11)13-3-5-14(6-4-13)18(26)27-2/h3-10,17H,1-2H3,(H,21,22,24)/t17-/m0/s1. The number of nitrogens with zero attached hydrogens (tertiary/aromatic N) is 4. The molecule has 3 aromatic rings. The molecule has 0 spiro atoms. The summed E-state index contributed by atoms with van der Waals surface area (Å²) in [6, 6.07) is 14.6. The number of hydrogen-bond donors (Lipinski definition) is 1. The van der Waals surface area contributed by atoms with Gasteiger partial charge in [-0.2, -0.15) is 4.68 Å². The number of aromatic nitrogens is 4. The van der Waals surface area contributed by atoms with Crippen LogP contribution in [-0.2, 0) is 4.74 Å². The maximum Gasteiger partial charge on any atom is 0.337 e. The summed E-state index contributed by atoms with van der Waals surface area (Å²) < 4.78 is 6.49. The molecule has 27 heavy (non-hydrogen) atoms. The maximum atomic E-state index is 11.7. The second-order valence-corrected chi connectivity index (χ2v) is 6.59. The van der Waals surface area contributed by atoms with Crippen LogP contribution in [0.3, 0.4) is 0 Å². The Morgan fingerprint density at radius 1 is 1.15 bits per heavy atom. The highest BCUT2D eigenvalue weighted by molar-refractivity contribution is 6.30. The molecule has 0 fully saturated rings. The fourth-order valence-electron chi connectivity index (χ4n) is 3.21. The highest BCUT2D eigenvalue weighted by Gasteiger charge is 2.29. The van der Waals surface area contributed by atoms with Crippen molar-refractivity contribution in [1.82, 2.24) is 20.2 Å². The summed E-state index contributed by atoms with van der Waals surface area (Å²) in [5.74, 6) is 0.177. The van der Waals surface area contributed by atoms with Crippen LogP contribution in [0, 0.1) is 0 Å². The number of methoxy groups -OCH3 is 1. The van der Waals surface area contributed by atoms with Crippen LogP contribution >= 0.6 is 11.6 Å². The molecule has 0 bridgehead atoms. The first-order chi connectivity index (χ1) is 13.1. The number of anilines is 1. The summed E-state index contributed by atoms with van der Waals surface area (Å²) in [6.07, 6.45) is 0. The number of rotatable bonds is 3. The van der Waals surface area contributed by atoms with Gasteiger partial charge >= 0.3 is 5.97 Å². The zero-order chi connectivity index (χ0) is 19.0. The van der Waals surface area contributed by atoms with Crippen LogP contribution in [0.25, 0.3) is 5.70 Å². The van der Waals surface area contributed by atoms with Crippen molar-refractivity contribution < 1.29 is 9.53 Å². The largest absolute Gasteiger partial charge is 0.465 e. The predicted octanol–water partition coefficient (Wildman–Crippen LogP) is 3.56. The first-order valence-electron chi connectivity index (χ1n) is 8.28. The van der Waals surface area contributed by atoms with E-state index >= 15 is 0 Å². The molecule has 0 amide bonds.